The molecular weight excluding hydrogens is 103 g/mol. The number of rotatable bonds is 1. The molecule has 0 amide bonds. The number of halogens is 1. The predicted octanol–water partition coefficient (Wildman–Crippen LogP) is 1.55. The number of alkyl halides is 1. The van der Waals surface area contributed by atoms with Gasteiger partial charge in [-0.25, -0.2) is 4.39 Å². The standard InChI is InChI=1S/C3H7FOS/c1-3(2,4)5-6/h6H,1-2H3. The largest absolute Gasteiger partial charge is 0.280 e. The number of hydrogen-bond donors (Lipinski definition) is 1. The minimum atomic E-state index is -1.59. The predicted molar refractivity (Wildman–Crippen MR) is 25.3 cm³/mol. The second kappa shape index (κ2) is 1.80. The quantitative estimate of drug-likeness (QED) is 0.398. The Balaban J connectivity index is 3.17. The molecule has 0 spiro atoms. The molecule has 0 aliphatic carbocycles. The molecule has 0 aliphatic rings. The van der Waals surface area contributed by atoms with Gasteiger partial charge in [0, 0.05) is 0 Å². The van der Waals surface area contributed by atoms with Crippen molar-refractivity contribution in [3.8, 4) is 0 Å². The molecule has 0 saturated heterocycles. The molecule has 0 rings (SSSR count). The van der Waals surface area contributed by atoms with Crippen LogP contribution < -0.4 is 0 Å². The van der Waals surface area contributed by atoms with Crippen LogP contribution in [-0.2, 0) is 4.18 Å². The summed E-state index contributed by atoms with van der Waals surface area (Å²) in [5, 5.41) is 0. The van der Waals surface area contributed by atoms with Gasteiger partial charge < -0.3 is 0 Å². The number of hydrogen-bond acceptors (Lipinski definition) is 2. The van der Waals surface area contributed by atoms with Gasteiger partial charge in [0.1, 0.15) is 0 Å². The average Bonchev–Trinajstić information content (AvgIpc) is 1.35. The molecule has 0 heterocycles. The lowest BCUT2D eigenvalue weighted by Crippen LogP contribution is -2.10. The molecule has 0 aromatic heterocycles. The third-order valence-electron chi connectivity index (χ3n) is 0.217. The minimum Gasteiger partial charge on any atom is -0.280 e. The zero-order chi connectivity index (χ0) is 5.21. The van der Waals surface area contributed by atoms with Gasteiger partial charge in [-0.2, -0.15) is 0 Å². The van der Waals surface area contributed by atoms with E-state index >= 15 is 0 Å². The summed E-state index contributed by atoms with van der Waals surface area (Å²) in [5.41, 5.74) is 0. The van der Waals surface area contributed by atoms with Gasteiger partial charge in [-0.15, -0.1) is 0 Å². The second-order valence-electron chi connectivity index (χ2n) is 1.45. The SMILES string of the molecule is CC(C)(F)OS. The normalized spacial score (nSPS) is 12.0. The van der Waals surface area contributed by atoms with E-state index in [1.165, 1.54) is 13.8 Å². The van der Waals surface area contributed by atoms with E-state index in [1.54, 1.807) is 0 Å². The van der Waals surface area contributed by atoms with Crippen LogP contribution in [0.15, 0.2) is 0 Å². The Hall–Kier alpha value is 0.240. The van der Waals surface area contributed by atoms with Crippen LogP contribution in [0.25, 0.3) is 0 Å². The van der Waals surface area contributed by atoms with E-state index in [1.807, 2.05) is 0 Å². The molecule has 6 heavy (non-hydrogen) atoms. The molecule has 0 saturated carbocycles. The topological polar surface area (TPSA) is 9.23 Å². The zero-order valence-corrected chi connectivity index (χ0v) is 4.63. The Morgan fingerprint density at radius 3 is 1.83 bits per heavy atom. The fourth-order valence-corrected chi connectivity index (χ4v) is 0. The Morgan fingerprint density at radius 1 is 1.67 bits per heavy atom. The van der Waals surface area contributed by atoms with Crippen molar-refractivity contribution in [2.45, 2.75) is 19.7 Å². The van der Waals surface area contributed by atoms with E-state index in [0.717, 1.165) is 0 Å². The van der Waals surface area contributed by atoms with Crippen molar-refractivity contribution in [2.24, 2.45) is 0 Å². The maximum absolute atomic E-state index is 11.8. The molecule has 0 bridgehead atoms. The van der Waals surface area contributed by atoms with Gasteiger partial charge in [0.15, 0.2) is 0 Å². The summed E-state index contributed by atoms with van der Waals surface area (Å²) in [6.45, 7) is 2.56. The third kappa shape index (κ3) is 4.24. The lowest BCUT2D eigenvalue weighted by Gasteiger charge is -2.06. The van der Waals surface area contributed by atoms with Crippen LogP contribution in [0.1, 0.15) is 13.8 Å². The minimum absolute atomic E-state index is 1.28. The summed E-state index contributed by atoms with van der Waals surface area (Å²) >= 11 is 3.23. The molecule has 0 atom stereocenters. The lowest BCUT2D eigenvalue weighted by atomic mass is 10.4. The highest BCUT2D eigenvalue weighted by Gasteiger charge is 2.11. The first-order valence-corrected chi connectivity index (χ1v) is 1.94. The molecule has 0 aromatic carbocycles. The Kier molecular flexibility index (Phi) is 1.87. The maximum Gasteiger partial charge on any atom is 0.215 e. The van der Waals surface area contributed by atoms with Gasteiger partial charge in [0.05, 0.1) is 0 Å². The second-order valence-corrected chi connectivity index (χ2v) is 1.64. The first-order chi connectivity index (χ1) is 2.56. The summed E-state index contributed by atoms with van der Waals surface area (Å²) in [6, 6.07) is 0. The lowest BCUT2D eigenvalue weighted by molar-refractivity contribution is -0.00447. The molecule has 0 radical (unpaired) electrons. The average molecular weight is 110 g/mol. The van der Waals surface area contributed by atoms with E-state index in [-0.39, 0.29) is 0 Å². The fraction of sp³-hybridized carbons (Fsp3) is 1.00. The summed E-state index contributed by atoms with van der Waals surface area (Å²) in [7, 11) is 0. The van der Waals surface area contributed by atoms with Crippen molar-refractivity contribution < 1.29 is 8.57 Å². The van der Waals surface area contributed by atoms with Gasteiger partial charge in [-0.1, -0.05) is 0 Å². The van der Waals surface area contributed by atoms with Crippen LogP contribution in [0.2, 0.25) is 0 Å². The van der Waals surface area contributed by atoms with Crippen LogP contribution in [0.5, 0.6) is 0 Å². The van der Waals surface area contributed by atoms with Crippen LogP contribution in [0, 0.1) is 0 Å². The van der Waals surface area contributed by atoms with Gasteiger partial charge in [-0.3, -0.25) is 4.18 Å². The highest BCUT2D eigenvalue weighted by molar-refractivity contribution is 7.75. The fourth-order valence-electron chi connectivity index (χ4n) is 0. The van der Waals surface area contributed by atoms with E-state index in [0.29, 0.717) is 0 Å². The molecular formula is C3H7FOS. The highest BCUT2D eigenvalue weighted by atomic mass is 32.1. The third-order valence-corrected chi connectivity index (χ3v) is 0.651. The zero-order valence-electron chi connectivity index (χ0n) is 3.73. The maximum atomic E-state index is 11.8. The van der Waals surface area contributed by atoms with Crippen LogP contribution in [0.3, 0.4) is 0 Å². The summed E-state index contributed by atoms with van der Waals surface area (Å²) in [5.74, 6) is -1.59. The monoisotopic (exact) mass is 110 g/mol. The summed E-state index contributed by atoms with van der Waals surface area (Å²) in [6.07, 6.45) is 0. The molecule has 0 aliphatic heterocycles. The molecule has 38 valence electrons. The summed E-state index contributed by atoms with van der Waals surface area (Å²) in [4.78, 5) is 0. The molecule has 3 heteroatoms. The molecule has 0 fully saturated rings. The molecule has 0 N–H and O–H groups in total. The van der Waals surface area contributed by atoms with Crippen molar-refractivity contribution in [1.82, 2.24) is 0 Å². The van der Waals surface area contributed by atoms with Gasteiger partial charge in [-0.05, 0) is 26.8 Å². The van der Waals surface area contributed by atoms with Crippen molar-refractivity contribution in [3.63, 3.8) is 0 Å². The van der Waals surface area contributed by atoms with E-state index < -0.39 is 5.85 Å². The van der Waals surface area contributed by atoms with Crippen molar-refractivity contribution in [2.75, 3.05) is 0 Å². The Morgan fingerprint density at radius 2 is 1.83 bits per heavy atom. The highest BCUT2D eigenvalue weighted by Crippen LogP contribution is 2.10. The summed E-state index contributed by atoms with van der Waals surface area (Å²) < 4.78 is 15.8. The van der Waals surface area contributed by atoms with E-state index in [9.17, 15) is 4.39 Å². The van der Waals surface area contributed by atoms with Crippen LogP contribution >= 0.6 is 12.9 Å². The molecule has 1 nitrogen and oxygen atoms in total. The molecule has 0 aromatic rings. The molecule has 0 unspecified atom stereocenters. The van der Waals surface area contributed by atoms with E-state index in [2.05, 4.69) is 17.1 Å². The van der Waals surface area contributed by atoms with Crippen LogP contribution in [0.4, 0.5) is 4.39 Å². The van der Waals surface area contributed by atoms with Crippen LogP contribution in [-0.4, -0.2) is 5.85 Å². The smallest absolute Gasteiger partial charge is 0.215 e. The Labute approximate surface area is 42.1 Å². The van der Waals surface area contributed by atoms with Crippen molar-refractivity contribution in [1.29, 1.82) is 0 Å². The first-order valence-electron chi connectivity index (χ1n) is 1.58. The first kappa shape index (κ1) is 6.24. The van der Waals surface area contributed by atoms with E-state index in [4.69, 9.17) is 0 Å². The van der Waals surface area contributed by atoms with Gasteiger partial charge >= 0.3 is 0 Å². The number of thiol groups is 1. The van der Waals surface area contributed by atoms with Crippen molar-refractivity contribution in [3.05, 3.63) is 0 Å². The van der Waals surface area contributed by atoms with Crippen molar-refractivity contribution >= 4 is 12.9 Å². The van der Waals surface area contributed by atoms with Gasteiger partial charge in [0.25, 0.3) is 0 Å². The van der Waals surface area contributed by atoms with Gasteiger partial charge in [0.2, 0.25) is 5.85 Å². The Bertz CT molecular complexity index is 40.5.